The van der Waals surface area contributed by atoms with E-state index >= 15 is 0 Å². The van der Waals surface area contributed by atoms with Gasteiger partial charge < -0.3 is 14.4 Å². The van der Waals surface area contributed by atoms with E-state index in [0.717, 1.165) is 12.1 Å². The fourth-order valence-corrected chi connectivity index (χ4v) is 2.29. The van der Waals surface area contributed by atoms with Gasteiger partial charge in [-0.3, -0.25) is 4.79 Å². The van der Waals surface area contributed by atoms with Gasteiger partial charge in [0.15, 0.2) is 11.5 Å². The standard InChI is InChI=1S/C20H25NO3/c1-15(2)12-13-24-18-11-10-16(14-19(18)23-4)20(22)21(3)17-8-6-5-7-9-17/h5-11,14-15H,12-13H2,1-4H3. The molecule has 2 rings (SSSR count). The van der Waals surface area contributed by atoms with Crippen molar-refractivity contribution in [1.82, 2.24) is 0 Å². The largest absolute Gasteiger partial charge is 0.493 e. The summed E-state index contributed by atoms with van der Waals surface area (Å²) in [5.41, 5.74) is 1.41. The van der Waals surface area contributed by atoms with Gasteiger partial charge in [-0.2, -0.15) is 0 Å². The number of hydrogen-bond donors (Lipinski definition) is 0. The summed E-state index contributed by atoms with van der Waals surface area (Å²) in [5.74, 6) is 1.73. The molecule has 0 aliphatic heterocycles. The number of nitrogens with zero attached hydrogens (tertiary/aromatic N) is 1. The Morgan fingerprint density at radius 1 is 1.08 bits per heavy atom. The van der Waals surface area contributed by atoms with Crippen molar-refractivity contribution in [2.24, 2.45) is 5.92 Å². The third-order valence-electron chi connectivity index (χ3n) is 3.81. The maximum absolute atomic E-state index is 12.7. The van der Waals surface area contributed by atoms with Crippen LogP contribution in [0.2, 0.25) is 0 Å². The van der Waals surface area contributed by atoms with Crippen LogP contribution in [0.4, 0.5) is 5.69 Å². The van der Waals surface area contributed by atoms with Gasteiger partial charge >= 0.3 is 0 Å². The molecular weight excluding hydrogens is 302 g/mol. The number of amides is 1. The van der Waals surface area contributed by atoms with Crippen LogP contribution in [0.5, 0.6) is 11.5 Å². The second-order valence-electron chi connectivity index (χ2n) is 6.10. The van der Waals surface area contributed by atoms with E-state index in [2.05, 4.69) is 13.8 Å². The monoisotopic (exact) mass is 327 g/mol. The minimum atomic E-state index is -0.0896. The summed E-state index contributed by atoms with van der Waals surface area (Å²) in [7, 11) is 3.34. The van der Waals surface area contributed by atoms with Gasteiger partial charge in [0.25, 0.3) is 5.91 Å². The topological polar surface area (TPSA) is 38.8 Å². The van der Waals surface area contributed by atoms with Crippen molar-refractivity contribution in [1.29, 1.82) is 0 Å². The summed E-state index contributed by atoms with van der Waals surface area (Å²) >= 11 is 0. The molecule has 4 heteroatoms. The summed E-state index contributed by atoms with van der Waals surface area (Å²) in [6, 6.07) is 14.8. The molecule has 24 heavy (non-hydrogen) atoms. The lowest BCUT2D eigenvalue weighted by molar-refractivity contribution is 0.0992. The maximum atomic E-state index is 12.7. The van der Waals surface area contributed by atoms with Crippen LogP contribution in [0.15, 0.2) is 48.5 Å². The normalized spacial score (nSPS) is 10.5. The van der Waals surface area contributed by atoms with Crippen LogP contribution in [0.25, 0.3) is 0 Å². The van der Waals surface area contributed by atoms with Crippen molar-refractivity contribution in [2.45, 2.75) is 20.3 Å². The minimum Gasteiger partial charge on any atom is -0.493 e. The summed E-state index contributed by atoms with van der Waals surface area (Å²) in [6.45, 7) is 4.94. The number of ether oxygens (including phenoxy) is 2. The van der Waals surface area contributed by atoms with Gasteiger partial charge in [0.2, 0.25) is 0 Å². The van der Waals surface area contributed by atoms with E-state index in [1.165, 1.54) is 0 Å². The molecule has 0 saturated heterocycles. The molecule has 0 bridgehead atoms. The second-order valence-corrected chi connectivity index (χ2v) is 6.10. The molecule has 0 fully saturated rings. The van der Waals surface area contributed by atoms with E-state index in [9.17, 15) is 4.79 Å². The van der Waals surface area contributed by atoms with Gasteiger partial charge in [-0.25, -0.2) is 0 Å². The molecule has 1 amide bonds. The van der Waals surface area contributed by atoms with Crippen LogP contribution in [0.1, 0.15) is 30.6 Å². The molecule has 0 aliphatic carbocycles. The van der Waals surface area contributed by atoms with Gasteiger partial charge in [0.05, 0.1) is 13.7 Å². The lowest BCUT2D eigenvalue weighted by Crippen LogP contribution is -2.26. The zero-order valence-electron chi connectivity index (χ0n) is 14.8. The summed E-state index contributed by atoms with van der Waals surface area (Å²) in [6.07, 6.45) is 0.973. The molecule has 128 valence electrons. The number of rotatable bonds is 7. The first-order valence-electron chi connectivity index (χ1n) is 8.17. The van der Waals surface area contributed by atoms with Crippen molar-refractivity contribution in [2.75, 3.05) is 25.7 Å². The predicted octanol–water partition coefficient (Wildman–Crippen LogP) is 4.40. The van der Waals surface area contributed by atoms with Gasteiger partial charge in [-0.15, -0.1) is 0 Å². The molecule has 0 spiro atoms. The lowest BCUT2D eigenvalue weighted by atomic mass is 10.1. The third kappa shape index (κ3) is 4.51. The Labute approximate surface area is 144 Å². The number of anilines is 1. The average molecular weight is 327 g/mol. The van der Waals surface area contributed by atoms with Gasteiger partial charge in [-0.05, 0) is 42.7 Å². The smallest absolute Gasteiger partial charge is 0.258 e. The summed E-state index contributed by atoms with van der Waals surface area (Å²) in [5, 5.41) is 0. The van der Waals surface area contributed by atoms with Crippen molar-refractivity contribution < 1.29 is 14.3 Å². The number of para-hydroxylation sites is 1. The Bertz CT molecular complexity index is 668. The van der Waals surface area contributed by atoms with Crippen molar-refractivity contribution >= 4 is 11.6 Å². The number of benzene rings is 2. The molecule has 0 N–H and O–H groups in total. The van der Waals surface area contributed by atoms with Crippen LogP contribution in [0.3, 0.4) is 0 Å². The summed E-state index contributed by atoms with van der Waals surface area (Å²) < 4.78 is 11.2. The Kier molecular flexibility index (Phi) is 6.24. The van der Waals surface area contributed by atoms with Crippen LogP contribution >= 0.6 is 0 Å². The molecule has 0 saturated carbocycles. The van der Waals surface area contributed by atoms with E-state index < -0.39 is 0 Å². The average Bonchev–Trinajstić information content (AvgIpc) is 2.61. The third-order valence-corrected chi connectivity index (χ3v) is 3.81. The highest BCUT2D eigenvalue weighted by Crippen LogP contribution is 2.29. The molecule has 0 heterocycles. The van der Waals surface area contributed by atoms with Gasteiger partial charge in [0.1, 0.15) is 0 Å². The van der Waals surface area contributed by atoms with E-state index in [1.807, 2.05) is 30.3 Å². The molecule has 0 aromatic heterocycles. The number of carbonyl (C=O) groups excluding carboxylic acids is 1. The fourth-order valence-electron chi connectivity index (χ4n) is 2.29. The Morgan fingerprint density at radius 3 is 2.42 bits per heavy atom. The van der Waals surface area contributed by atoms with Crippen molar-refractivity contribution in [3.8, 4) is 11.5 Å². The van der Waals surface area contributed by atoms with Gasteiger partial charge in [-0.1, -0.05) is 32.0 Å². The molecule has 2 aromatic rings. The van der Waals surface area contributed by atoms with Crippen LogP contribution in [-0.4, -0.2) is 26.7 Å². The SMILES string of the molecule is COc1cc(C(=O)N(C)c2ccccc2)ccc1OCCC(C)C. The Balaban J connectivity index is 2.14. The molecule has 0 unspecified atom stereocenters. The molecule has 4 nitrogen and oxygen atoms in total. The maximum Gasteiger partial charge on any atom is 0.258 e. The van der Waals surface area contributed by atoms with Crippen LogP contribution in [0, 0.1) is 5.92 Å². The lowest BCUT2D eigenvalue weighted by Gasteiger charge is -2.18. The van der Waals surface area contributed by atoms with Crippen molar-refractivity contribution in [3.63, 3.8) is 0 Å². The highest BCUT2D eigenvalue weighted by Gasteiger charge is 2.16. The second kappa shape index (κ2) is 8.39. The first-order valence-corrected chi connectivity index (χ1v) is 8.17. The van der Waals surface area contributed by atoms with E-state index in [1.54, 1.807) is 37.3 Å². The molecule has 0 atom stereocenters. The van der Waals surface area contributed by atoms with E-state index in [-0.39, 0.29) is 5.91 Å². The molecule has 0 aliphatic rings. The Hall–Kier alpha value is -2.49. The number of hydrogen-bond acceptors (Lipinski definition) is 3. The molecular formula is C20H25NO3. The van der Waals surface area contributed by atoms with Gasteiger partial charge in [0, 0.05) is 18.3 Å². The van der Waals surface area contributed by atoms with E-state index in [0.29, 0.717) is 29.6 Å². The highest BCUT2D eigenvalue weighted by atomic mass is 16.5. The van der Waals surface area contributed by atoms with E-state index in [4.69, 9.17) is 9.47 Å². The first-order chi connectivity index (χ1) is 11.5. The van der Waals surface area contributed by atoms with Crippen LogP contribution in [-0.2, 0) is 0 Å². The quantitative estimate of drug-likeness (QED) is 0.757. The summed E-state index contributed by atoms with van der Waals surface area (Å²) in [4.78, 5) is 14.3. The van der Waals surface area contributed by atoms with Crippen molar-refractivity contribution in [3.05, 3.63) is 54.1 Å². The Morgan fingerprint density at radius 2 is 1.79 bits per heavy atom. The minimum absolute atomic E-state index is 0.0896. The first kappa shape index (κ1) is 17.9. The number of methoxy groups -OCH3 is 1. The number of carbonyl (C=O) groups is 1. The fraction of sp³-hybridized carbons (Fsp3) is 0.350. The molecule has 0 radical (unpaired) electrons. The van der Waals surface area contributed by atoms with Crippen LogP contribution < -0.4 is 14.4 Å². The zero-order chi connectivity index (χ0) is 17.5. The molecule has 2 aromatic carbocycles. The highest BCUT2D eigenvalue weighted by molar-refractivity contribution is 6.06. The predicted molar refractivity (Wildman–Crippen MR) is 97.1 cm³/mol. The zero-order valence-corrected chi connectivity index (χ0v) is 14.8.